The quantitative estimate of drug-likeness (QED) is 0.537. The number of hydrogen-bond acceptors (Lipinski definition) is 4. The van der Waals surface area contributed by atoms with Crippen LogP contribution in [0, 0.1) is 0 Å². The molecule has 4 rings (SSSR count). The van der Waals surface area contributed by atoms with Crippen molar-refractivity contribution in [3.8, 4) is 0 Å². The molecule has 2 unspecified atom stereocenters. The van der Waals surface area contributed by atoms with Crippen molar-refractivity contribution in [1.82, 2.24) is 20.4 Å². The molecule has 2 aromatic rings. The molecule has 7 nitrogen and oxygen atoms in total. The Morgan fingerprint density at radius 1 is 1.09 bits per heavy atom. The molecule has 0 aliphatic carbocycles. The number of morpholine rings is 1. The number of benzene rings is 2. The first-order valence-corrected chi connectivity index (χ1v) is 11.4. The van der Waals surface area contributed by atoms with Gasteiger partial charge in [-0.3, -0.25) is 9.69 Å². The molecule has 2 aliphatic heterocycles. The zero-order chi connectivity index (χ0) is 22.3. The van der Waals surface area contributed by atoms with E-state index in [1.807, 2.05) is 24.3 Å². The molecule has 2 aliphatic rings. The molecule has 0 bridgehead atoms. The van der Waals surface area contributed by atoms with Gasteiger partial charge in [0.25, 0.3) is 5.91 Å². The maximum atomic E-state index is 11.7. The van der Waals surface area contributed by atoms with Gasteiger partial charge in [0.1, 0.15) is 0 Å². The number of ether oxygens (including phenoxy) is 1. The number of amides is 1. The van der Waals surface area contributed by atoms with E-state index in [1.165, 1.54) is 5.56 Å². The number of hydrogen-bond donors (Lipinski definition) is 2. The number of guanidine groups is 1. The zero-order valence-electron chi connectivity index (χ0n) is 19.0. The molecule has 0 spiro atoms. The number of carbonyl (C=O) groups excluding carboxylic acids is 1. The summed E-state index contributed by atoms with van der Waals surface area (Å²) in [5, 5.41) is 6.09. The summed E-state index contributed by atoms with van der Waals surface area (Å²) in [5.74, 6) is 0.841. The van der Waals surface area contributed by atoms with Crippen LogP contribution in [0.5, 0.6) is 0 Å². The third kappa shape index (κ3) is 5.29. The summed E-state index contributed by atoms with van der Waals surface area (Å²) in [4.78, 5) is 21.5. The largest absolute Gasteiger partial charge is 0.373 e. The summed E-state index contributed by atoms with van der Waals surface area (Å²) in [6.07, 6.45) is 0.197. The van der Waals surface area contributed by atoms with E-state index in [-0.39, 0.29) is 12.0 Å². The van der Waals surface area contributed by atoms with Crippen molar-refractivity contribution in [1.29, 1.82) is 0 Å². The van der Waals surface area contributed by atoms with E-state index >= 15 is 0 Å². The minimum Gasteiger partial charge on any atom is -0.373 e. The van der Waals surface area contributed by atoms with Crippen molar-refractivity contribution in [3.05, 3.63) is 71.3 Å². The van der Waals surface area contributed by atoms with Crippen LogP contribution < -0.4 is 10.6 Å². The molecule has 32 heavy (non-hydrogen) atoms. The Labute approximate surface area is 190 Å². The van der Waals surface area contributed by atoms with Crippen LogP contribution in [0.4, 0.5) is 0 Å². The SMILES string of the molecule is CCNC(=NCc1ccc(C(=O)NC)cc1)N1CC2OCCN(Cc3ccccc3)C2C1. The monoisotopic (exact) mass is 435 g/mol. The van der Waals surface area contributed by atoms with E-state index < -0.39 is 0 Å². The molecule has 2 heterocycles. The number of aliphatic imine (C=N–C) groups is 1. The molecule has 0 aromatic heterocycles. The molecule has 2 fully saturated rings. The van der Waals surface area contributed by atoms with Crippen molar-refractivity contribution in [2.45, 2.75) is 32.2 Å². The number of nitrogens with one attached hydrogen (secondary N) is 2. The fourth-order valence-electron chi connectivity index (χ4n) is 4.44. The van der Waals surface area contributed by atoms with Crippen molar-refractivity contribution >= 4 is 11.9 Å². The minimum absolute atomic E-state index is 0.0758. The fraction of sp³-hybridized carbons (Fsp3) is 0.440. The van der Waals surface area contributed by atoms with Gasteiger partial charge in [-0.1, -0.05) is 42.5 Å². The van der Waals surface area contributed by atoms with Crippen LogP contribution in [-0.2, 0) is 17.8 Å². The highest BCUT2D eigenvalue weighted by Crippen LogP contribution is 2.25. The van der Waals surface area contributed by atoms with Crippen molar-refractivity contribution in [2.24, 2.45) is 4.99 Å². The first kappa shape index (κ1) is 22.3. The fourth-order valence-corrected chi connectivity index (χ4v) is 4.44. The first-order chi connectivity index (χ1) is 15.7. The van der Waals surface area contributed by atoms with Crippen LogP contribution in [0.1, 0.15) is 28.4 Å². The number of likely N-dealkylation sites (tertiary alicyclic amines) is 1. The third-order valence-electron chi connectivity index (χ3n) is 6.13. The Hall–Kier alpha value is -2.90. The summed E-state index contributed by atoms with van der Waals surface area (Å²) in [5.41, 5.74) is 3.07. The topological polar surface area (TPSA) is 69.2 Å². The highest BCUT2D eigenvalue weighted by molar-refractivity contribution is 5.93. The second kappa shape index (κ2) is 10.6. The summed E-state index contributed by atoms with van der Waals surface area (Å²) in [7, 11) is 1.64. The lowest BCUT2D eigenvalue weighted by Gasteiger charge is -2.36. The van der Waals surface area contributed by atoms with Gasteiger partial charge in [-0.25, -0.2) is 4.99 Å². The van der Waals surface area contributed by atoms with Crippen molar-refractivity contribution in [3.63, 3.8) is 0 Å². The Morgan fingerprint density at radius 3 is 2.59 bits per heavy atom. The van der Waals surface area contributed by atoms with Gasteiger partial charge in [0.15, 0.2) is 5.96 Å². The number of carbonyl (C=O) groups is 1. The van der Waals surface area contributed by atoms with E-state index in [9.17, 15) is 4.79 Å². The Bertz CT molecular complexity index is 916. The van der Waals surface area contributed by atoms with E-state index in [0.717, 1.165) is 50.9 Å². The van der Waals surface area contributed by atoms with E-state index in [2.05, 4.69) is 57.7 Å². The molecule has 7 heteroatoms. The average Bonchev–Trinajstić information content (AvgIpc) is 3.27. The lowest BCUT2D eigenvalue weighted by molar-refractivity contribution is -0.0502. The lowest BCUT2D eigenvalue weighted by Crippen LogP contribution is -2.50. The predicted octanol–water partition coefficient (Wildman–Crippen LogP) is 2.10. The number of fused-ring (bicyclic) bond motifs is 1. The Balaban J connectivity index is 1.43. The number of rotatable bonds is 6. The normalized spacial score (nSPS) is 21.3. The van der Waals surface area contributed by atoms with E-state index in [0.29, 0.717) is 18.2 Å². The van der Waals surface area contributed by atoms with Gasteiger partial charge in [0.2, 0.25) is 0 Å². The van der Waals surface area contributed by atoms with Crippen LogP contribution in [0.15, 0.2) is 59.6 Å². The molecule has 2 saturated heterocycles. The van der Waals surface area contributed by atoms with Gasteiger partial charge >= 0.3 is 0 Å². The Morgan fingerprint density at radius 2 is 1.88 bits per heavy atom. The summed E-state index contributed by atoms with van der Waals surface area (Å²) < 4.78 is 6.13. The number of nitrogens with zero attached hydrogens (tertiary/aromatic N) is 3. The Kier molecular flexibility index (Phi) is 7.39. The molecule has 1 amide bonds. The standard InChI is InChI=1S/C25H33N5O2/c1-3-27-25(28-15-19-9-11-21(12-10-19)24(31)26-2)30-17-22-23(18-30)32-14-13-29(22)16-20-7-5-4-6-8-20/h4-12,22-23H,3,13-18H2,1-2H3,(H,26,31)(H,27,28). The molecule has 2 N–H and O–H groups in total. The highest BCUT2D eigenvalue weighted by atomic mass is 16.5. The van der Waals surface area contributed by atoms with Gasteiger partial charge in [-0.15, -0.1) is 0 Å². The zero-order valence-corrected chi connectivity index (χ0v) is 19.0. The smallest absolute Gasteiger partial charge is 0.251 e. The van der Waals surface area contributed by atoms with Crippen LogP contribution in [0.25, 0.3) is 0 Å². The maximum absolute atomic E-state index is 11.7. The summed E-state index contributed by atoms with van der Waals surface area (Å²) >= 11 is 0. The van der Waals surface area contributed by atoms with Crippen LogP contribution >= 0.6 is 0 Å². The van der Waals surface area contributed by atoms with Crippen LogP contribution in [-0.4, -0.2) is 73.6 Å². The molecule has 2 atom stereocenters. The minimum atomic E-state index is -0.0758. The summed E-state index contributed by atoms with van der Waals surface area (Å²) in [6.45, 7) is 7.89. The lowest BCUT2D eigenvalue weighted by atomic mass is 10.1. The molecular weight excluding hydrogens is 402 g/mol. The second-order valence-electron chi connectivity index (χ2n) is 8.28. The van der Waals surface area contributed by atoms with Crippen LogP contribution in [0.3, 0.4) is 0 Å². The van der Waals surface area contributed by atoms with Gasteiger partial charge in [0.05, 0.1) is 25.3 Å². The third-order valence-corrected chi connectivity index (χ3v) is 6.13. The molecular formula is C25H33N5O2. The van der Waals surface area contributed by atoms with Gasteiger partial charge in [0, 0.05) is 45.3 Å². The van der Waals surface area contributed by atoms with Crippen LogP contribution in [0.2, 0.25) is 0 Å². The van der Waals surface area contributed by atoms with Crippen molar-refractivity contribution in [2.75, 3.05) is 39.8 Å². The van der Waals surface area contributed by atoms with E-state index in [1.54, 1.807) is 7.05 Å². The van der Waals surface area contributed by atoms with Gasteiger partial charge < -0.3 is 20.3 Å². The van der Waals surface area contributed by atoms with Gasteiger partial charge in [-0.2, -0.15) is 0 Å². The summed E-state index contributed by atoms with van der Waals surface area (Å²) in [6, 6.07) is 18.6. The predicted molar refractivity (Wildman–Crippen MR) is 127 cm³/mol. The molecule has 2 aromatic carbocycles. The first-order valence-electron chi connectivity index (χ1n) is 11.4. The average molecular weight is 436 g/mol. The highest BCUT2D eigenvalue weighted by Gasteiger charge is 2.41. The van der Waals surface area contributed by atoms with Crippen molar-refractivity contribution < 1.29 is 9.53 Å². The molecule has 0 radical (unpaired) electrons. The second-order valence-corrected chi connectivity index (χ2v) is 8.28. The van der Waals surface area contributed by atoms with E-state index in [4.69, 9.17) is 9.73 Å². The molecule has 170 valence electrons. The van der Waals surface area contributed by atoms with Gasteiger partial charge in [-0.05, 0) is 30.2 Å². The molecule has 0 saturated carbocycles. The maximum Gasteiger partial charge on any atom is 0.251 e.